The summed E-state index contributed by atoms with van der Waals surface area (Å²) in [5.74, 6) is -0.496. The van der Waals surface area contributed by atoms with Crippen LogP contribution in [-0.4, -0.2) is 25.2 Å². The third-order valence-corrected chi connectivity index (χ3v) is 3.43. The highest BCUT2D eigenvalue weighted by atomic mass is 19.4. The molecule has 0 aromatic heterocycles. The van der Waals surface area contributed by atoms with Gasteiger partial charge in [-0.3, -0.25) is 0 Å². The van der Waals surface area contributed by atoms with Crippen molar-refractivity contribution in [1.82, 2.24) is 0 Å². The Hall–Kier alpha value is -0.810. The van der Waals surface area contributed by atoms with Crippen molar-refractivity contribution >= 4 is 0 Å². The maximum atomic E-state index is 12.3. The molecular weight excluding hydrogens is 269 g/mol. The first-order chi connectivity index (χ1) is 9.23. The molecule has 0 unspecified atom stereocenters. The van der Waals surface area contributed by atoms with Crippen LogP contribution in [0.25, 0.3) is 0 Å². The first-order valence-electron chi connectivity index (χ1n) is 6.90. The van der Waals surface area contributed by atoms with E-state index in [2.05, 4.69) is 0 Å². The summed E-state index contributed by atoms with van der Waals surface area (Å²) in [6.45, 7) is 6.21. The van der Waals surface area contributed by atoms with Crippen molar-refractivity contribution in [2.24, 2.45) is 0 Å². The van der Waals surface area contributed by atoms with Crippen LogP contribution in [0.4, 0.5) is 13.2 Å². The molecule has 0 radical (unpaired) electrons. The van der Waals surface area contributed by atoms with Gasteiger partial charge in [0, 0.05) is 12.0 Å². The van der Waals surface area contributed by atoms with Crippen LogP contribution in [0.2, 0.25) is 0 Å². The number of halogens is 3. The molecule has 0 bridgehead atoms. The second-order valence-electron chi connectivity index (χ2n) is 5.34. The fourth-order valence-corrected chi connectivity index (χ4v) is 2.02. The Bertz CT molecular complexity index is 364. The van der Waals surface area contributed by atoms with E-state index >= 15 is 0 Å². The molecule has 0 N–H and O–H groups in total. The zero-order chi connectivity index (χ0) is 15.2. The lowest BCUT2D eigenvalue weighted by atomic mass is 10.1. The summed E-state index contributed by atoms with van der Waals surface area (Å²) in [5.41, 5.74) is 0.573. The van der Waals surface area contributed by atoms with Crippen molar-refractivity contribution < 1.29 is 22.6 Å². The van der Waals surface area contributed by atoms with E-state index in [-0.39, 0.29) is 0 Å². The summed E-state index contributed by atoms with van der Waals surface area (Å²) in [5, 5.41) is 0. The zero-order valence-corrected chi connectivity index (χ0v) is 12.3. The molecule has 0 aliphatic carbocycles. The Labute approximate surface area is 118 Å². The lowest BCUT2D eigenvalue weighted by Gasteiger charge is -2.21. The lowest BCUT2D eigenvalue weighted by molar-refractivity contribution is -0.145. The molecule has 0 spiro atoms. The molecule has 1 rings (SSSR count). The summed E-state index contributed by atoms with van der Waals surface area (Å²) < 4.78 is 47.8. The standard InChI is InChI=1S/C15H23F3O2/c1-12(6-4-8-13(2)15(16,17)18)7-5-9-14(3)19-10-11-20-14/h7-8H,4-6,9-11H2,1-3H3/b12-7+,13-8-. The monoisotopic (exact) mass is 292 g/mol. The summed E-state index contributed by atoms with van der Waals surface area (Å²) >= 11 is 0. The molecule has 0 aromatic carbocycles. The van der Waals surface area contributed by atoms with Gasteiger partial charge in [-0.15, -0.1) is 0 Å². The minimum Gasteiger partial charge on any atom is -0.348 e. The van der Waals surface area contributed by atoms with Gasteiger partial charge in [0.05, 0.1) is 13.2 Å². The number of hydrogen-bond acceptors (Lipinski definition) is 2. The quantitative estimate of drug-likeness (QED) is 0.657. The van der Waals surface area contributed by atoms with E-state index in [0.717, 1.165) is 25.3 Å². The van der Waals surface area contributed by atoms with E-state index < -0.39 is 17.5 Å². The van der Waals surface area contributed by atoms with E-state index in [1.807, 2.05) is 19.9 Å². The Morgan fingerprint density at radius 2 is 1.70 bits per heavy atom. The van der Waals surface area contributed by atoms with Crippen LogP contribution in [0.15, 0.2) is 23.3 Å². The topological polar surface area (TPSA) is 18.5 Å². The molecule has 1 aliphatic heterocycles. The molecule has 1 saturated heterocycles. The van der Waals surface area contributed by atoms with Gasteiger partial charge in [0.25, 0.3) is 0 Å². The second kappa shape index (κ2) is 7.27. The van der Waals surface area contributed by atoms with Crippen LogP contribution in [-0.2, 0) is 9.47 Å². The average molecular weight is 292 g/mol. The van der Waals surface area contributed by atoms with Crippen molar-refractivity contribution in [3.05, 3.63) is 23.3 Å². The van der Waals surface area contributed by atoms with Crippen LogP contribution in [0, 0.1) is 0 Å². The SMILES string of the molecule is C/C(=C/CC/C(C)=C/CCC1(C)OCCO1)C(F)(F)F. The van der Waals surface area contributed by atoms with Gasteiger partial charge in [-0.1, -0.05) is 17.7 Å². The molecule has 2 nitrogen and oxygen atoms in total. The molecule has 1 aliphatic rings. The van der Waals surface area contributed by atoms with Gasteiger partial charge in [0.2, 0.25) is 0 Å². The number of alkyl halides is 3. The fourth-order valence-electron chi connectivity index (χ4n) is 2.02. The van der Waals surface area contributed by atoms with Crippen LogP contribution < -0.4 is 0 Å². The van der Waals surface area contributed by atoms with E-state index in [1.165, 1.54) is 6.08 Å². The fraction of sp³-hybridized carbons (Fsp3) is 0.733. The minimum atomic E-state index is -4.20. The van der Waals surface area contributed by atoms with Crippen LogP contribution in [0.3, 0.4) is 0 Å². The maximum absolute atomic E-state index is 12.3. The number of allylic oxidation sites excluding steroid dienone is 4. The molecule has 0 amide bonds. The van der Waals surface area contributed by atoms with Crippen LogP contribution in [0.5, 0.6) is 0 Å². The summed E-state index contributed by atoms with van der Waals surface area (Å²) in [7, 11) is 0. The maximum Gasteiger partial charge on any atom is 0.412 e. The third-order valence-electron chi connectivity index (χ3n) is 3.43. The predicted octanol–water partition coefficient (Wildman–Crippen LogP) is 4.76. The Morgan fingerprint density at radius 1 is 1.10 bits per heavy atom. The molecule has 0 atom stereocenters. The van der Waals surface area contributed by atoms with E-state index in [4.69, 9.17) is 9.47 Å². The van der Waals surface area contributed by atoms with Gasteiger partial charge >= 0.3 is 6.18 Å². The highest BCUT2D eigenvalue weighted by Gasteiger charge is 2.30. The van der Waals surface area contributed by atoms with Gasteiger partial charge < -0.3 is 9.47 Å². The Balaban J connectivity index is 2.28. The van der Waals surface area contributed by atoms with E-state index in [0.29, 0.717) is 26.1 Å². The Kier molecular flexibility index (Phi) is 6.27. The first-order valence-corrected chi connectivity index (χ1v) is 6.90. The van der Waals surface area contributed by atoms with E-state index in [1.54, 1.807) is 0 Å². The molecule has 116 valence electrons. The highest BCUT2D eigenvalue weighted by molar-refractivity contribution is 5.07. The molecule has 20 heavy (non-hydrogen) atoms. The molecular formula is C15H23F3O2. The number of hydrogen-bond donors (Lipinski definition) is 0. The average Bonchev–Trinajstić information content (AvgIpc) is 2.75. The first kappa shape index (κ1) is 17.2. The van der Waals surface area contributed by atoms with Gasteiger partial charge in [-0.25, -0.2) is 0 Å². The smallest absolute Gasteiger partial charge is 0.348 e. The number of ether oxygens (including phenoxy) is 2. The van der Waals surface area contributed by atoms with Gasteiger partial charge in [-0.2, -0.15) is 13.2 Å². The third kappa shape index (κ3) is 6.09. The van der Waals surface area contributed by atoms with Crippen LogP contribution in [0.1, 0.15) is 46.5 Å². The van der Waals surface area contributed by atoms with Crippen molar-refractivity contribution in [1.29, 1.82) is 0 Å². The Morgan fingerprint density at radius 3 is 2.25 bits per heavy atom. The summed E-state index contributed by atoms with van der Waals surface area (Å²) in [6.07, 6.45) is 1.73. The van der Waals surface area contributed by atoms with Crippen molar-refractivity contribution in [3.8, 4) is 0 Å². The van der Waals surface area contributed by atoms with Crippen molar-refractivity contribution in [2.45, 2.75) is 58.4 Å². The van der Waals surface area contributed by atoms with E-state index in [9.17, 15) is 13.2 Å². The molecule has 5 heteroatoms. The second-order valence-corrected chi connectivity index (χ2v) is 5.34. The molecule has 1 fully saturated rings. The largest absolute Gasteiger partial charge is 0.412 e. The highest BCUT2D eigenvalue weighted by Crippen LogP contribution is 2.26. The number of rotatable bonds is 6. The van der Waals surface area contributed by atoms with Crippen molar-refractivity contribution in [3.63, 3.8) is 0 Å². The summed E-state index contributed by atoms with van der Waals surface area (Å²) in [6, 6.07) is 0. The van der Waals surface area contributed by atoms with Gasteiger partial charge in [-0.05, 0) is 40.0 Å². The normalized spacial score (nSPS) is 20.5. The van der Waals surface area contributed by atoms with Gasteiger partial charge in [0.1, 0.15) is 0 Å². The minimum absolute atomic E-state index is 0.415. The van der Waals surface area contributed by atoms with Gasteiger partial charge in [0.15, 0.2) is 5.79 Å². The zero-order valence-electron chi connectivity index (χ0n) is 12.3. The predicted molar refractivity (Wildman–Crippen MR) is 72.3 cm³/mol. The molecule has 1 heterocycles. The van der Waals surface area contributed by atoms with Crippen molar-refractivity contribution in [2.75, 3.05) is 13.2 Å². The molecule has 0 aromatic rings. The van der Waals surface area contributed by atoms with Crippen LogP contribution >= 0.6 is 0 Å². The molecule has 0 saturated carbocycles. The summed E-state index contributed by atoms with van der Waals surface area (Å²) in [4.78, 5) is 0. The lowest BCUT2D eigenvalue weighted by Crippen LogP contribution is -2.24.